The van der Waals surface area contributed by atoms with Crippen LogP contribution in [0.25, 0.3) is 38.8 Å². The maximum atomic E-state index is 15.5. The second kappa shape index (κ2) is 14.9. The number of nitrogens with zero attached hydrogens (tertiary/aromatic N) is 4. The largest absolute Gasteiger partial charge is 0.509 e. The Morgan fingerprint density at radius 2 is 1.33 bits per heavy atom. The summed E-state index contributed by atoms with van der Waals surface area (Å²) in [7, 11) is 0. The van der Waals surface area contributed by atoms with Crippen molar-refractivity contribution < 1.29 is 34.6 Å². The van der Waals surface area contributed by atoms with E-state index in [9.17, 15) is 0 Å². The van der Waals surface area contributed by atoms with Gasteiger partial charge in [0.25, 0.3) is 0 Å². The number of hydrogen-bond donors (Lipinski definition) is 0. The summed E-state index contributed by atoms with van der Waals surface area (Å²) in [5.41, 5.74) is 7.58. The zero-order chi connectivity index (χ0) is 39.6. The van der Waals surface area contributed by atoms with Gasteiger partial charge in [0.05, 0.1) is 5.69 Å². The van der Waals surface area contributed by atoms with Crippen molar-refractivity contribution in [3.8, 4) is 28.4 Å². The molecule has 1 aliphatic rings. The number of rotatable bonds is 6. The van der Waals surface area contributed by atoms with E-state index in [0.29, 0.717) is 22.9 Å². The Labute approximate surface area is 352 Å². The van der Waals surface area contributed by atoms with Crippen LogP contribution in [0.2, 0.25) is 0 Å². The average Bonchev–Trinajstić information content (AvgIpc) is 3.73. The monoisotopic (exact) mass is 946 g/mol. The number of ether oxygens (including phenoxy) is 1. The van der Waals surface area contributed by atoms with Crippen LogP contribution in [-0.4, -0.2) is 9.55 Å². The van der Waals surface area contributed by atoms with E-state index < -0.39 is 11.6 Å². The number of halogens is 2. The van der Waals surface area contributed by atoms with Crippen LogP contribution < -0.4 is 14.5 Å². The van der Waals surface area contributed by atoms with Crippen LogP contribution in [0.4, 0.5) is 31.5 Å². The van der Waals surface area contributed by atoms with E-state index in [-0.39, 0.29) is 37.6 Å². The first kappa shape index (κ1) is 39.1. The number of pyridine rings is 1. The molecule has 0 spiro atoms. The number of anilines is 4. The van der Waals surface area contributed by atoms with Gasteiger partial charge in [-0.1, -0.05) is 108 Å². The summed E-state index contributed by atoms with van der Waals surface area (Å²) in [5.74, 6) is 0.419. The summed E-state index contributed by atoms with van der Waals surface area (Å²) < 4.78 is 39.9. The van der Waals surface area contributed by atoms with Gasteiger partial charge in [0.15, 0.2) is 0 Å². The molecule has 1 aliphatic heterocycles. The Morgan fingerprint density at radius 3 is 2.07 bits per heavy atom. The molecule has 5 nitrogen and oxygen atoms in total. The zero-order valence-corrected chi connectivity index (χ0v) is 35.3. The Balaban J connectivity index is 0.00000469. The van der Waals surface area contributed by atoms with Gasteiger partial charge in [-0.2, -0.15) is 6.07 Å². The molecule has 0 amide bonds. The molecule has 0 bridgehead atoms. The van der Waals surface area contributed by atoms with Crippen LogP contribution >= 0.6 is 0 Å². The molecule has 3 heterocycles. The average molecular weight is 947 g/mol. The Bertz CT molecular complexity index is 2800. The minimum Gasteiger partial charge on any atom is -0.509 e. The smallest absolute Gasteiger partial charge is 0.147 e. The molecule has 8 heteroatoms. The molecular weight excluding hydrogens is 906 g/mol. The number of para-hydroxylation sites is 2. The normalized spacial score (nSPS) is 12.9. The molecule has 0 atom stereocenters. The molecule has 0 saturated carbocycles. The van der Waals surface area contributed by atoms with Crippen molar-refractivity contribution in [1.82, 2.24) is 9.55 Å². The maximum Gasteiger partial charge on any atom is 0.147 e. The molecule has 0 aliphatic carbocycles. The van der Waals surface area contributed by atoms with Crippen molar-refractivity contribution in [2.75, 3.05) is 9.80 Å². The number of aromatic nitrogens is 2. The SMILES string of the molecule is CC(C)(C)c1cccc(-c2cc(Oc3[c-]c4c(cc3)c3ccccc3n4-c3ccccn3)[c-]c(N3[CH-]N(c4c(F)cccc4F)c4cc(C(C)(C)C)ccc43)c2)c1.[Pt]. The third kappa shape index (κ3) is 7.07. The summed E-state index contributed by atoms with van der Waals surface area (Å²) >= 11 is 0. The minimum absolute atomic E-state index is 0. The van der Waals surface area contributed by atoms with Crippen LogP contribution in [0, 0.1) is 30.4 Å². The van der Waals surface area contributed by atoms with Crippen molar-refractivity contribution in [3.63, 3.8) is 0 Å². The van der Waals surface area contributed by atoms with Crippen molar-refractivity contribution >= 4 is 44.6 Å². The summed E-state index contributed by atoms with van der Waals surface area (Å²) in [6.45, 7) is 14.7. The third-order valence-corrected chi connectivity index (χ3v) is 10.6. The summed E-state index contributed by atoms with van der Waals surface area (Å²) in [4.78, 5) is 8.18. The van der Waals surface area contributed by atoms with Crippen molar-refractivity contribution in [2.24, 2.45) is 0 Å². The zero-order valence-electron chi connectivity index (χ0n) is 33.0. The Kier molecular flexibility index (Phi) is 10.0. The Morgan fingerprint density at radius 1 is 0.603 bits per heavy atom. The number of benzene rings is 6. The van der Waals surface area contributed by atoms with Crippen LogP contribution in [0.1, 0.15) is 52.7 Å². The quantitative estimate of drug-likeness (QED) is 0.156. The molecule has 0 radical (unpaired) electrons. The van der Waals surface area contributed by atoms with E-state index in [1.54, 1.807) is 17.8 Å². The van der Waals surface area contributed by atoms with Crippen LogP contribution in [-0.2, 0) is 31.9 Å². The van der Waals surface area contributed by atoms with E-state index in [1.165, 1.54) is 23.8 Å². The van der Waals surface area contributed by atoms with Gasteiger partial charge in [0, 0.05) is 55.7 Å². The second-order valence-electron chi connectivity index (χ2n) is 16.6. The van der Waals surface area contributed by atoms with E-state index in [4.69, 9.17) is 4.74 Å². The fourth-order valence-corrected chi connectivity index (χ4v) is 7.54. The van der Waals surface area contributed by atoms with E-state index in [1.807, 2.05) is 65.6 Å². The van der Waals surface area contributed by atoms with E-state index >= 15 is 8.78 Å². The molecule has 9 rings (SSSR count). The minimum atomic E-state index is -0.657. The molecule has 0 fully saturated rings. The first-order valence-electron chi connectivity index (χ1n) is 19.1. The maximum absolute atomic E-state index is 15.5. The van der Waals surface area contributed by atoms with Crippen molar-refractivity contribution in [1.29, 1.82) is 0 Å². The molecule has 0 saturated heterocycles. The van der Waals surface area contributed by atoms with Gasteiger partial charge < -0.3 is 19.1 Å². The molecule has 294 valence electrons. The first-order valence-corrected chi connectivity index (χ1v) is 19.1. The fraction of sp³-hybridized carbons (Fsp3) is 0.160. The molecular formula is C50H41F2N4OPt-3. The van der Waals surface area contributed by atoms with E-state index in [0.717, 1.165) is 50.0 Å². The fourth-order valence-electron chi connectivity index (χ4n) is 7.54. The summed E-state index contributed by atoms with van der Waals surface area (Å²) in [6, 6.07) is 47.7. The molecule has 0 N–H and O–H groups in total. The standard InChI is InChI=1S/C50H41F2N4O.Pt/c1-49(2,3)34-14-11-13-32(25-34)33-26-36(54-31-55(48-41(51)16-12-17-42(48)52)46-28-35(50(4,5)6)20-23-44(46)54)29-38(27-33)57-37-21-22-40-39-15-7-8-18-43(39)56(45(40)30-37)47-19-9-10-24-53-47;/h7-28,31H,1-6H3;/q-3;. The van der Waals surface area contributed by atoms with Crippen molar-refractivity contribution in [2.45, 2.75) is 52.4 Å². The molecule has 0 unspecified atom stereocenters. The van der Waals surface area contributed by atoms with Gasteiger partial charge in [-0.05, 0) is 75.4 Å². The summed E-state index contributed by atoms with van der Waals surface area (Å²) in [5, 5.41) is 2.11. The first-order chi connectivity index (χ1) is 27.3. The van der Waals surface area contributed by atoms with Gasteiger partial charge >= 0.3 is 0 Å². The van der Waals surface area contributed by atoms with E-state index in [2.05, 4.69) is 112 Å². The molecule has 58 heavy (non-hydrogen) atoms. The Hall–Kier alpha value is -5.78. The predicted molar refractivity (Wildman–Crippen MR) is 227 cm³/mol. The van der Waals surface area contributed by atoms with Gasteiger partial charge in [0.1, 0.15) is 17.5 Å². The molecule has 2 aromatic heterocycles. The number of fused-ring (bicyclic) bond motifs is 4. The van der Waals surface area contributed by atoms with Gasteiger partial charge in [-0.25, -0.2) is 13.8 Å². The van der Waals surface area contributed by atoms with Crippen LogP contribution in [0.3, 0.4) is 0 Å². The number of hydrogen-bond acceptors (Lipinski definition) is 4. The topological polar surface area (TPSA) is 33.5 Å². The van der Waals surface area contributed by atoms with Gasteiger partial charge in [0.2, 0.25) is 0 Å². The van der Waals surface area contributed by atoms with Crippen LogP contribution in [0.15, 0.2) is 134 Å². The summed E-state index contributed by atoms with van der Waals surface area (Å²) in [6.07, 6.45) is 1.78. The van der Waals surface area contributed by atoms with Gasteiger partial charge in [-0.15, -0.1) is 53.6 Å². The predicted octanol–water partition coefficient (Wildman–Crippen LogP) is 13.5. The third-order valence-electron chi connectivity index (χ3n) is 10.6. The molecule has 6 aromatic carbocycles. The molecule has 8 aromatic rings. The van der Waals surface area contributed by atoms with Gasteiger partial charge in [-0.3, -0.25) is 0 Å². The van der Waals surface area contributed by atoms with Crippen LogP contribution in [0.5, 0.6) is 11.5 Å². The second-order valence-corrected chi connectivity index (χ2v) is 16.6. The van der Waals surface area contributed by atoms with Crippen molar-refractivity contribution in [3.05, 3.63) is 175 Å².